The van der Waals surface area contributed by atoms with Crippen molar-refractivity contribution in [2.75, 3.05) is 6.54 Å². The van der Waals surface area contributed by atoms with Crippen LogP contribution in [0.2, 0.25) is 0 Å². The van der Waals surface area contributed by atoms with Crippen molar-refractivity contribution in [1.29, 1.82) is 0 Å². The highest BCUT2D eigenvalue weighted by atomic mass is 79.9. The summed E-state index contributed by atoms with van der Waals surface area (Å²) < 4.78 is 4.10. The van der Waals surface area contributed by atoms with Gasteiger partial charge in [-0.2, -0.15) is 5.10 Å². The van der Waals surface area contributed by atoms with E-state index in [-0.39, 0.29) is 6.04 Å². The predicted octanol–water partition coefficient (Wildman–Crippen LogP) is 4.11. The van der Waals surface area contributed by atoms with Crippen molar-refractivity contribution in [3.05, 3.63) is 44.9 Å². The molecule has 1 unspecified atom stereocenters. The highest BCUT2D eigenvalue weighted by molar-refractivity contribution is 9.11. The van der Waals surface area contributed by atoms with Crippen LogP contribution >= 0.6 is 31.9 Å². The number of nitrogens with zero attached hydrogens (tertiary/aromatic N) is 3. The molecule has 0 spiro atoms. The Bertz CT molecular complexity index is 563. The summed E-state index contributed by atoms with van der Waals surface area (Å²) in [7, 11) is 0. The minimum atomic E-state index is 0.230. The summed E-state index contributed by atoms with van der Waals surface area (Å²) >= 11 is 7.13. The number of halogens is 2. The number of nitrogens with one attached hydrogen (secondary N) is 1. The molecule has 1 heterocycles. The minimum absolute atomic E-state index is 0.230. The van der Waals surface area contributed by atoms with E-state index in [2.05, 4.69) is 79.3 Å². The average Bonchev–Trinajstić information content (AvgIpc) is 2.89. The molecule has 1 aromatic heterocycles. The van der Waals surface area contributed by atoms with Crippen LogP contribution < -0.4 is 5.32 Å². The topological polar surface area (TPSA) is 42.7 Å². The quantitative estimate of drug-likeness (QED) is 0.739. The molecule has 0 aliphatic carbocycles. The van der Waals surface area contributed by atoms with Crippen molar-refractivity contribution >= 4 is 31.9 Å². The van der Waals surface area contributed by atoms with E-state index in [0.29, 0.717) is 0 Å². The first-order valence-corrected chi connectivity index (χ1v) is 8.78. The molecule has 0 amide bonds. The molecule has 1 atom stereocenters. The maximum absolute atomic E-state index is 4.39. The molecular formula is C15H20Br2N4. The molecule has 2 aromatic rings. The van der Waals surface area contributed by atoms with E-state index in [4.69, 9.17) is 0 Å². The van der Waals surface area contributed by atoms with E-state index in [1.807, 2.05) is 4.68 Å². The standard InChI is InChI=1S/C15H20Br2N4/c1-3-5-18-14(9-15-19-10-20-21(15)4-2)11-6-12(16)8-13(17)7-11/h6-8,10,14,18H,3-5,9H2,1-2H3. The summed E-state index contributed by atoms with van der Waals surface area (Å²) in [4.78, 5) is 4.39. The van der Waals surface area contributed by atoms with E-state index in [1.165, 1.54) is 5.56 Å². The van der Waals surface area contributed by atoms with Gasteiger partial charge in [-0.1, -0.05) is 38.8 Å². The number of aryl methyl sites for hydroxylation is 1. The second-order valence-corrected chi connectivity index (χ2v) is 6.74. The lowest BCUT2D eigenvalue weighted by Gasteiger charge is -2.19. The predicted molar refractivity (Wildman–Crippen MR) is 92.3 cm³/mol. The molecule has 0 radical (unpaired) electrons. The minimum Gasteiger partial charge on any atom is -0.310 e. The zero-order valence-corrected chi connectivity index (χ0v) is 15.5. The van der Waals surface area contributed by atoms with E-state index in [9.17, 15) is 0 Å². The van der Waals surface area contributed by atoms with Gasteiger partial charge in [0.15, 0.2) is 0 Å². The number of aromatic nitrogens is 3. The van der Waals surface area contributed by atoms with Crippen molar-refractivity contribution in [3.8, 4) is 0 Å². The Balaban J connectivity index is 2.25. The Morgan fingerprint density at radius 2 is 1.90 bits per heavy atom. The van der Waals surface area contributed by atoms with Crippen molar-refractivity contribution in [3.63, 3.8) is 0 Å². The van der Waals surface area contributed by atoms with Crippen LogP contribution in [0.15, 0.2) is 33.5 Å². The number of hydrogen-bond donors (Lipinski definition) is 1. The molecule has 114 valence electrons. The molecule has 0 aliphatic rings. The first kappa shape index (κ1) is 16.6. The molecule has 0 saturated heterocycles. The summed E-state index contributed by atoms with van der Waals surface area (Å²) in [6.45, 7) is 6.09. The second kappa shape index (κ2) is 8.06. The fraction of sp³-hybridized carbons (Fsp3) is 0.467. The summed E-state index contributed by atoms with van der Waals surface area (Å²) in [5.41, 5.74) is 1.25. The van der Waals surface area contributed by atoms with Gasteiger partial charge in [-0.3, -0.25) is 4.68 Å². The van der Waals surface area contributed by atoms with Crippen molar-refractivity contribution < 1.29 is 0 Å². The zero-order valence-electron chi connectivity index (χ0n) is 12.3. The van der Waals surface area contributed by atoms with Crippen molar-refractivity contribution in [1.82, 2.24) is 20.1 Å². The van der Waals surface area contributed by atoms with Crippen LogP contribution in [-0.2, 0) is 13.0 Å². The molecule has 0 fully saturated rings. The molecule has 0 bridgehead atoms. The lowest BCUT2D eigenvalue weighted by atomic mass is 10.0. The molecular weight excluding hydrogens is 396 g/mol. The number of rotatable bonds is 7. The van der Waals surface area contributed by atoms with E-state index >= 15 is 0 Å². The second-order valence-electron chi connectivity index (χ2n) is 4.91. The Morgan fingerprint density at radius 1 is 1.19 bits per heavy atom. The van der Waals surface area contributed by atoms with Gasteiger partial charge in [-0.05, 0) is 43.7 Å². The van der Waals surface area contributed by atoms with Crippen molar-refractivity contribution in [2.45, 2.75) is 39.3 Å². The number of benzene rings is 1. The Morgan fingerprint density at radius 3 is 2.52 bits per heavy atom. The third kappa shape index (κ3) is 4.63. The molecule has 0 saturated carbocycles. The van der Waals surface area contributed by atoms with Gasteiger partial charge in [0.1, 0.15) is 12.2 Å². The van der Waals surface area contributed by atoms with Gasteiger partial charge < -0.3 is 5.32 Å². The molecule has 1 aromatic carbocycles. The normalized spacial score (nSPS) is 12.6. The highest BCUT2D eigenvalue weighted by Gasteiger charge is 2.16. The molecule has 6 heteroatoms. The van der Waals surface area contributed by atoms with Crippen LogP contribution in [-0.4, -0.2) is 21.3 Å². The summed E-state index contributed by atoms with van der Waals surface area (Å²) in [6.07, 6.45) is 3.56. The average molecular weight is 416 g/mol. The van der Waals surface area contributed by atoms with Gasteiger partial charge in [0.05, 0.1) is 0 Å². The van der Waals surface area contributed by atoms with Crippen LogP contribution in [0.3, 0.4) is 0 Å². The van der Waals surface area contributed by atoms with E-state index < -0.39 is 0 Å². The Kier molecular flexibility index (Phi) is 6.39. The van der Waals surface area contributed by atoms with E-state index in [0.717, 1.165) is 40.7 Å². The van der Waals surface area contributed by atoms with Crippen LogP contribution in [0.25, 0.3) is 0 Å². The maximum atomic E-state index is 4.39. The Labute approximate surface area is 142 Å². The van der Waals surface area contributed by atoms with Gasteiger partial charge in [0, 0.05) is 28.0 Å². The van der Waals surface area contributed by atoms with Crippen LogP contribution in [0.4, 0.5) is 0 Å². The molecule has 0 aliphatic heterocycles. The first-order valence-electron chi connectivity index (χ1n) is 7.20. The Hall–Kier alpha value is -0.720. The first-order chi connectivity index (χ1) is 10.1. The van der Waals surface area contributed by atoms with Crippen LogP contribution in [0.1, 0.15) is 37.7 Å². The van der Waals surface area contributed by atoms with Gasteiger partial charge in [0.25, 0.3) is 0 Å². The van der Waals surface area contributed by atoms with E-state index in [1.54, 1.807) is 6.33 Å². The molecule has 4 nitrogen and oxygen atoms in total. The maximum Gasteiger partial charge on any atom is 0.138 e. The summed E-state index contributed by atoms with van der Waals surface area (Å²) in [5, 5.41) is 7.86. The van der Waals surface area contributed by atoms with Gasteiger partial charge in [-0.25, -0.2) is 4.98 Å². The zero-order chi connectivity index (χ0) is 15.2. The van der Waals surface area contributed by atoms with Crippen molar-refractivity contribution in [2.24, 2.45) is 0 Å². The summed E-state index contributed by atoms with van der Waals surface area (Å²) in [6, 6.07) is 6.60. The molecule has 2 rings (SSSR count). The SMILES string of the molecule is CCCNC(Cc1ncnn1CC)c1cc(Br)cc(Br)c1. The lowest BCUT2D eigenvalue weighted by Crippen LogP contribution is -2.25. The third-order valence-corrected chi connectivity index (χ3v) is 4.23. The molecule has 1 N–H and O–H groups in total. The lowest BCUT2D eigenvalue weighted by molar-refractivity contribution is 0.496. The summed E-state index contributed by atoms with van der Waals surface area (Å²) in [5.74, 6) is 1.02. The van der Waals surface area contributed by atoms with Gasteiger partial charge >= 0.3 is 0 Å². The fourth-order valence-electron chi connectivity index (χ4n) is 2.30. The van der Waals surface area contributed by atoms with Gasteiger partial charge in [0.2, 0.25) is 0 Å². The third-order valence-electron chi connectivity index (χ3n) is 3.31. The van der Waals surface area contributed by atoms with Gasteiger partial charge in [-0.15, -0.1) is 0 Å². The largest absolute Gasteiger partial charge is 0.310 e. The molecule has 21 heavy (non-hydrogen) atoms. The van der Waals surface area contributed by atoms with Crippen LogP contribution in [0.5, 0.6) is 0 Å². The fourth-order valence-corrected chi connectivity index (χ4v) is 3.62. The monoisotopic (exact) mass is 414 g/mol. The van der Waals surface area contributed by atoms with Crippen LogP contribution in [0, 0.1) is 0 Å². The highest BCUT2D eigenvalue weighted by Crippen LogP contribution is 2.26. The smallest absolute Gasteiger partial charge is 0.138 e. The number of hydrogen-bond acceptors (Lipinski definition) is 3.